The minimum atomic E-state index is -0.0906. The van der Waals surface area contributed by atoms with Crippen molar-refractivity contribution < 1.29 is 0 Å². The van der Waals surface area contributed by atoms with Gasteiger partial charge in [0.2, 0.25) is 0 Å². The molecule has 0 aromatic heterocycles. The highest BCUT2D eigenvalue weighted by Crippen LogP contribution is 2.43. The zero-order valence-electron chi connectivity index (χ0n) is 15.1. The molecule has 0 bridgehead atoms. The molecular weight excluding hydrogens is 260 g/mol. The molecule has 0 radical (unpaired) electrons. The smallest absolute Gasteiger partial charge is 0.0338 e. The largest absolute Gasteiger partial charge is 0.326 e. The molecule has 1 saturated heterocycles. The maximum Gasteiger partial charge on any atom is 0.0338 e. The highest BCUT2D eigenvalue weighted by molar-refractivity contribution is 5.08. The zero-order valence-corrected chi connectivity index (χ0v) is 15.1. The van der Waals surface area contributed by atoms with Gasteiger partial charge in [0.25, 0.3) is 0 Å². The number of rotatable bonds is 9. The summed E-state index contributed by atoms with van der Waals surface area (Å²) in [5, 5.41) is 0. The van der Waals surface area contributed by atoms with E-state index in [0.29, 0.717) is 5.54 Å². The summed E-state index contributed by atoms with van der Waals surface area (Å²) in [6, 6.07) is 0. The fourth-order valence-corrected chi connectivity index (χ4v) is 2.77. The molecule has 4 heteroatoms. The maximum atomic E-state index is 6.18. The van der Waals surface area contributed by atoms with Gasteiger partial charge in [-0.3, -0.25) is 4.90 Å². The van der Waals surface area contributed by atoms with Crippen LogP contribution < -0.4 is 17.2 Å². The normalized spacial score (nSPS) is 22.4. The van der Waals surface area contributed by atoms with E-state index in [1.807, 2.05) is 0 Å². The first kappa shape index (κ1) is 18.9. The van der Waals surface area contributed by atoms with Crippen LogP contribution in [-0.4, -0.2) is 40.1 Å². The fraction of sp³-hybridized carbons (Fsp3) is 1.00. The lowest BCUT2D eigenvalue weighted by Crippen LogP contribution is -2.38. The molecule has 1 fully saturated rings. The fourth-order valence-electron chi connectivity index (χ4n) is 2.77. The van der Waals surface area contributed by atoms with E-state index in [4.69, 9.17) is 17.2 Å². The van der Waals surface area contributed by atoms with Crippen molar-refractivity contribution in [1.82, 2.24) is 4.90 Å². The molecule has 1 atom stereocenters. The first-order valence-electron chi connectivity index (χ1n) is 8.34. The van der Waals surface area contributed by atoms with Crippen LogP contribution in [-0.2, 0) is 0 Å². The minimum absolute atomic E-state index is 0.0887. The van der Waals surface area contributed by atoms with Crippen molar-refractivity contribution in [2.75, 3.05) is 13.1 Å². The molecule has 21 heavy (non-hydrogen) atoms. The topological polar surface area (TPSA) is 81.1 Å². The summed E-state index contributed by atoms with van der Waals surface area (Å²) in [5.74, 6) is 0. The van der Waals surface area contributed by atoms with Gasteiger partial charge < -0.3 is 17.2 Å². The van der Waals surface area contributed by atoms with Gasteiger partial charge in [-0.15, -0.1) is 0 Å². The molecule has 0 amide bonds. The van der Waals surface area contributed by atoms with E-state index in [1.54, 1.807) is 0 Å². The molecule has 1 aliphatic heterocycles. The second-order valence-corrected chi connectivity index (χ2v) is 9.36. The third-order valence-electron chi connectivity index (χ3n) is 4.55. The second-order valence-electron chi connectivity index (χ2n) is 9.36. The van der Waals surface area contributed by atoms with Gasteiger partial charge in [-0.05, 0) is 73.6 Å². The van der Waals surface area contributed by atoms with Crippen LogP contribution in [0.1, 0.15) is 73.6 Å². The van der Waals surface area contributed by atoms with Crippen molar-refractivity contribution in [1.29, 1.82) is 0 Å². The summed E-state index contributed by atoms with van der Waals surface area (Å²) in [6.07, 6.45) is 5.48. The summed E-state index contributed by atoms with van der Waals surface area (Å²) >= 11 is 0. The van der Waals surface area contributed by atoms with Crippen LogP contribution in [0.5, 0.6) is 0 Å². The van der Waals surface area contributed by atoms with E-state index in [9.17, 15) is 0 Å². The SMILES string of the molecule is CC(C)(N)CCN1CC1(CCC(C)(C)N)CCC(C)(C)N. The number of hydrogen-bond donors (Lipinski definition) is 3. The van der Waals surface area contributed by atoms with Crippen molar-refractivity contribution >= 4 is 0 Å². The second kappa shape index (κ2) is 6.15. The standard InChI is InChI=1S/C17H38N4/c1-14(2,18)7-9-17(10-8-15(3,4)19)13-21(17)12-11-16(5,6)20/h7-13,18-20H2,1-6H3. The van der Waals surface area contributed by atoms with Crippen LogP contribution in [0.3, 0.4) is 0 Å². The lowest BCUT2D eigenvalue weighted by atomic mass is 9.86. The molecule has 1 unspecified atom stereocenters. The van der Waals surface area contributed by atoms with Gasteiger partial charge in [-0.25, -0.2) is 0 Å². The van der Waals surface area contributed by atoms with Gasteiger partial charge in [-0.2, -0.15) is 0 Å². The summed E-state index contributed by atoms with van der Waals surface area (Å²) in [5.41, 5.74) is 18.5. The summed E-state index contributed by atoms with van der Waals surface area (Å²) in [4.78, 5) is 2.58. The Bertz CT molecular complexity index is 312. The number of nitrogens with two attached hydrogens (primary N) is 3. The molecule has 1 rings (SSSR count). The molecule has 1 heterocycles. The third-order valence-corrected chi connectivity index (χ3v) is 4.55. The van der Waals surface area contributed by atoms with E-state index in [1.165, 1.54) is 6.54 Å². The van der Waals surface area contributed by atoms with Gasteiger partial charge in [0.1, 0.15) is 0 Å². The van der Waals surface area contributed by atoms with Gasteiger partial charge in [0, 0.05) is 35.2 Å². The van der Waals surface area contributed by atoms with Gasteiger partial charge in [-0.1, -0.05) is 0 Å². The van der Waals surface area contributed by atoms with Crippen molar-refractivity contribution in [3.05, 3.63) is 0 Å². The average Bonchev–Trinajstić information content (AvgIpc) is 2.93. The van der Waals surface area contributed by atoms with Crippen molar-refractivity contribution in [2.24, 2.45) is 17.2 Å². The maximum absolute atomic E-state index is 6.18. The molecule has 0 aliphatic carbocycles. The Hall–Kier alpha value is -0.160. The van der Waals surface area contributed by atoms with Crippen LogP contribution in [0.2, 0.25) is 0 Å². The van der Waals surface area contributed by atoms with E-state index in [2.05, 4.69) is 46.4 Å². The average molecular weight is 299 g/mol. The van der Waals surface area contributed by atoms with E-state index >= 15 is 0 Å². The van der Waals surface area contributed by atoms with Crippen LogP contribution in [0.15, 0.2) is 0 Å². The Morgan fingerprint density at radius 2 is 1.14 bits per heavy atom. The third kappa shape index (κ3) is 7.59. The van der Waals surface area contributed by atoms with Crippen LogP contribution >= 0.6 is 0 Å². The lowest BCUT2D eigenvalue weighted by molar-refractivity contribution is 0.285. The van der Waals surface area contributed by atoms with Crippen LogP contribution in [0.25, 0.3) is 0 Å². The van der Waals surface area contributed by atoms with E-state index in [0.717, 1.165) is 38.6 Å². The predicted octanol–water partition coefficient (Wildman–Crippen LogP) is 2.20. The Kier molecular flexibility index (Phi) is 5.53. The molecular formula is C17H38N4. The Morgan fingerprint density at radius 3 is 1.48 bits per heavy atom. The number of hydrogen-bond acceptors (Lipinski definition) is 4. The molecule has 0 aromatic rings. The summed E-state index contributed by atoms with van der Waals surface area (Å²) in [6.45, 7) is 14.9. The van der Waals surface area contributed by atoms with Crippen molar-refractivity contribution in [2.45, 2.75) is 95.8 Å². The molecule has 4 nitrogen and oxygen atoms in total. The van der Waals surface area contributed by atoms with Crippen molar-refractivity contribution in [3.8, 4) is 0 Å². The molecule has 1 aliphatic rings. The molecule has 0 spiro atoms. The van der Waals surface area contributed by atoms with E-state index in [-0.39, 0.29) is 16.6 Å². The predicted molar refractivity (Wildman–Crippen MR) is 92.2 cm³/mol. The molecule has 0 saturated carbocycles. The first-order chi connectivity index (χ1) is 9.23. The Balaban J connectivity index is 2.57. The monoisotopic (exact) mass is 298 g/mol. The van der Waals surface area contributed by atoms with Crippen LogP contribution in [0, 0.1) is 0 Å². The summed E-state index contributed by atoms with van der Waals surface area (Å²) in [7, 11) is 0. The summed E-state index contributed by atoms with van der Waals surface area (Å²) < 4.78 is 0. The van der Waals surface area contributed by atoms with Crippen molar-refractivity contribution in [3.63, 3.8) is 0 Å². The van der Waals surface area contributed by atoms with Gasteiger partial charge in [0.15, 0.2) is 0 Å². The van der Waals surface area contributed by atoms with Gasteiger partial charge in [0.05, 0.1) is 0 Å². The highest BCUT2D eigenvalue weighted by atomic mass is 15.4. The quantitative estimate of drug-likeness (QED) is 0.570. The Morgan fingerprint density at radius 1 is 0.762 bits per heavy atom. The number of nitrogens with zero attached hydrogens (tertiary/aromatic N) is 1. The minimum Gasteiger partial charge on any atom is -0.326 e. The highest BCUT2D eigenvalue weighted by Gasteiger charge is 2.51. The molecule has 6 N–H and O–H groups in total. The molecule has 0 aromatic carbocycles. The van der Waals surface area contributed by atoms with Crippen LogP contribution in [0.4, 0.5) is 0 Å². The van der Waals surface area contributed by atoms with E-state index < -0.39 is 0 Å². The zero-order chi connectivity index (χ0) is 16.5. The lowest BCUT2D eigenvalue weighted by Gasteiger charge is -2.28. The molecule has 126 valence electrons. The van der Waals surface area contributed by atoms with Gasteiger partial charge >= 0.3 is 0 Å². The first-order valence-corrected chi connectivity index (χ1v) is 8.34. The Labute approximate surface area is 131 Å².